The molecule has 0 spiro atoms. The molecule has 82 valence electrons. The molecule has 1 atom stereocenters. The summed E-state index contributed by atoms with van der Waals surface area (Å²) in [5, 5.41) is 0.879. The summed E-state index contributed by atoms with van der Waals surface area (Å²) in [6.07, 6.45) is 1.80. The number of rotatable bonds is 2. The summed E-state index contributed by atoms with van der Waals surface area (Å²) in [6, 6.07) is 2.24. The average Bonchev–Trinajstić information content (AvgIpc) is 2.29. The molecule has 0 bridgehead atoms. The van der Waals surface area contributed by atoms with Crippen LogP contribution in [0.2, 0.25) is 0 Å². The van der Waals surface area contributed by atoms with Crippen molar-refractivity contribution in [2.75, 3.05) is 30.0 Å². The first kappa shape index (κ1) is 10.8. The Hall–Kier alpha value is -0.680. The second-order valence-corrected chi connectivity index (χ2v) is 4.22. The highest BCUT2D eigenvalue weighted by Gasteiger charge is 2.23. The van der Waals surface area contributed by atoms with Crippen LogP contribution < -0.4 is 4.90 Å². The van der Waals surface area contributed by atoms with Gasteiger partial charge in [0, 0.05) is 23.8 Å². The number of hydrogen-bond acceptors (Lipinski definition) is 4. The first-order valence-corrected chi connectivity index (χ1v) is 6.13. The van der Waals surface area contributed by atoms with Crippen LogP contribution in [0.15, 0.2) is 12.3 Å². The van der Waals surface area contributed by atoms with Crippen LogP contribution in [0.25, 0.3) is 0 Å². The van der Waals surface area contributed by atoms with E-state index in [4.69, 9.17) is 4.74 Å². The Morgan fingerprint density at radius 2 is 2.53 bits per heavy atom. The Bertz CT molecular complexity index is 334. The molecule has 0 amide bonds. The maximum Gasteiger partial charge on any atom is 0.225 e. The molecule has 5 heteroatoms. The van der Waals surface area contributed by atoms with E-state index >= 15 is 0 Å². The van der Waals surface area contributed by atoms with Crippen LogP contribution in [0.5, 0.6) is 0 Å². The maximum atomic E-state index is 5.43. The molecule has 1 saturated heterocycles. The fraction of sp³-hybridized carbons (Fsp3) is 0.600. The lowest BCUT2D eigenvalue weighted by atomic mass is 10.3. The maximum absolute atomic E-state index is 5.43. The smallest absolute Gasteiger partial charge is 0.225 e. The van der Waals surface area contributed by atoms with Gasteiger partial charge in [-0.25, -0.2) is 9.97 Å². The van der Waals surface area contributed by atoms with Gasteiger partial charge in [-0.05, 0) is 13.0 Å². The lowest BCUT2D eigenvalue weighted by molar-refractivity contribution is 0.0995. The minimum atomic E-state index is 0.334. The molecular formula is C10H14BrN3O. The third kappa shape index (κ3) is 2.46. The van der Waals surface area contributed by atoms with Gasteiger partial charge < -0.3 is 9.64 Å². The zero-order valence-corrected chi connectivity index (χ0v) is 10.3. The lowest BCUT2D eigenvalue weighted by Gasteiger charge is -2.34. The third-order valence-electron chi connectivity index (χ3n) is 2.44. The molecule has 1 unspecified atom stereocenters. The first-order valence-electron chi connectivity index (χ1n) is 5.01. The van der Waals surface area contributed by atoms with Crippen LogP contribution in [0.3, 0.4) is 0 Å². The molecule has 15 heavy (non-hydrogen) atoms. The van der Waals surface area contributed by atoms with Crippen LogP contribution in [0.4, 0.5) is 5.95 Å². The number of halogens is 1. The zero-order valence-electron chi connectivity index (χ0n) is 8.69. The summed E-state index contributed by atoms with van der Waals surface area (Å²) in [5.41, 5.74) is 1.000. The van der Waals surface area contributed by atoms with E-state index in [0.29, 0.717) is 6.04 Å². The van der Waals surface area contributed by atoms with Gasteiger partial charge in [0.2, 0.25) is 5.95 Å². The van der Waals surface area contributed by atoms with Gasteiger partial charge in [-0.15, -0.1) is 0 Å². The Kier molecular flexibility index (Phi) is 3.53. The Morgan fingerprint density at radius 1 is 1.67 bits per heavy atom. The number of aromatic nitrogens is 2. The predicted molar refractivity (Wildman–Crippen MR) is 62.5 cm³/mol. The van der Waals surface area contributed by atoms with Crippen molar-refractivity contribution in [3.05, 3.63) is 18.0 Å². The molecule has 2 rings (SSSR count). The molecule has 1 aliphatic rings. The molecule has 1 fully saturated rings. The Morgan fingerprint density at radius 3 is 3.27 bits per heavy atom. The van der Waals surface area contributed by atoms with Crippen molar-refractivity contribution >= 4 is 21.9 Å². The van der Waals surface area contributed by atoms with Crippen LogP contribution in [-0.2, 0) is 4.74 Å². The summed E-state index contributed by atoms with van der Waals surface area (Å²) in [5.74, 6) is 0.808. The van der Waals surface area contributed by atoms with Crippen molar-refractivity contribution in [2.45, 2.75) is 13.0 Å². The molecule has 1 aromatic heterocycles. The van der Waals surface area contributed by atoms with Crippen molar-refractivity contribution in [2.24, 2.45) is 0 Å². The van der Waals surface area contributed by atoms with E-state index < -0.39 is 0 Å². The van der Waals surface area contributed by atoms with Crippen LogP contribution >= 0.6 is 15.9 Å². The second kappa shape index (κ2) is 4.90. The third-order valence-corrected chi connectivity index (χ3v) is 3.19. The second-order valence-electron chi connectivity index (χ2n) is 3.57. The highest BCUT2D eigenvalue weighted by molar-refractivity contribution is 9.09. The van der Waals surface area contributed by atoms with E-state index in [2.05, 4.69) is 30.8 Å². The molecule has 1 aliphatic heterocycles. The summed E-state index contributed by atoms with van der Waals surface area (Å²) in [7, 11) is 0. The summed E-state index contributed by atoms with van der Waals surface area (Å²) >= 11 is 3.49. The minimum Gasteiger partial charge on any atom is -0.377 e. The molecule has 0 aliphatic carbocycles. The van der Waals surface area contributed by atoms with E-state index in [-0.39, 0.29) is 0 Å². The number of aryl methyl sites for hydroxylation is 1. The van der Waals surface area contributed by atoms with E-state index in [1.54, 1.807) is 6.20 Å². The van der Waals surface area contributed by atoms with Gasteiger partial charge in [-0.3, -0.25) is 0 Å². The minimum absolute atomic E-state index is 0.334. The topological polar surface area (TPSA) is 38.2 Å². The van der Waals surface area contributed by atoms with Crippen molar-refractivity contribution in [1.29, 1.82) is 0 Å². The van der Waals surface area contributed by atoms with Crippen molar-refractivity contribution < 1.29 is 4.74 Å². The Balaban J connectivity index is 2.20. The van der Waals surface area contributed by atoms with Gasteiger partial charge in [0.25, 0.3) is 0 Å². The highest BCUT2D eigenvalue weighted by atomic mass is 79.9. The van der Waals surface area contributed by atoms with Crippen molar-refractivity contribution in [3.63, 3.8) is 0 Å². The van der Waals surface area contributed by atoms with Gasteiger partial charge in [0.1, 0.15) is 0 Å². The fourth-order valence-corrected chi connectivity index (χ4v) is 2.16. The highest BCUT2D eigenvalue weighted by Crippen LogP contribution is 2.16. The summed E-state index contributed by atoms with van der Waals surface area (Å²) in [6.45, 7) is 4.33. The zero-order chi connectivity index (χ0) is 10.7. The largest absolute Gasteiger partial charge is 0.377 e. The van der Waals surface area contributed by atoms with Crippen LogP contribution in [0, 0.1) is 6.92 Å². The van der Waals surface area contributed by atoms with Crippen molar-refractivity contribution in [1.82, 2.24) is 9.97 Å². The molecule has 0 radical (unpaired) electrons. The van der Waals surface area contributed by atoms with Gasteiger partial charge in [-0.1, -0.05) is 15.9 Å². The fourth-order valence-electron chi connectivity index (χ4n) is 1.62. The normalized spacial score (nSPS) is 21.7. The summed E-state index contributed by atoms with van der Waals surface area (Å²) in [4.78, 5) is 10.9. The molecule has 4 nitrogen and oxygen atoms in total. The number of nitrogens with zero attached hydrogens (tertiary/aromatic N) is 3. The molecule has 1 aromatic rings. The molecule has 0 saturated carbocycles. The number of alkyl halides is 1. The van der Waals surface area contributed by atoms with Crippen molar-refractivity contribution in [3.8, 4) is 0 Å². The molecular weight excluding hydrogens is 258 g/mol. The quantitative estimate of drug-likeness (QED) is 0.762. The molecule has 0 N–H and O–H groups in total. The van der Waals surface area contributed by atoms with Gasteiger partial charge in [0.15, 0.2) is 0 Å². The van der Waals surface area contributed by atoms with Gasteiger partial charge in [0.05, 0.1) is 19.3 Å². The monoisotopic (exact) mass is 271 g/mol. The van der Waals surface area contributed by atoms with E-state index in [0.717, 1.165) is 36.7 Å². The standard InChI is InChI=1S/C10H14BrN3O/c1-8-2-3-12-10(13-8)14-4-5-15-7-9(14)6-11/h2-3,9H,4-7H2,1H3. The van der Waals surface area contributed by atoms with Crippen LogP contribution in [0.1, 0.15) is 5.69 Å². The van der Waals surface area contributed by atoms with Gasteiger partial charge >= 0.3 is 0 Å². The van der Waals surface area contributed by atoms with E-state index in [1.165, 1.54) is 0 Å². The number of ether oxygens (including phenoxy) is 1. The summed E-state index contributed by atoms with van der Waals surface area (Å²) < 4.78 is 5.43. The average molecular weight is 272 g/mol. The number of morpholine rings is 1. The predicted octanol–water partition coefficient (Wildman–Crippen LogP) is 1.39. The number of anilines is 1. The number of hydrogen-bond donors (Lipinski definition) is 0. The van der Waals surface area contributed by atoms with E-state index in [1.807, 2.05) is 13.0 Å². The SMILES string of the molecule is Cc1ccnc(N2CCOCC2CBr)n1. The lowest BCUT2D eigenvalue weighted by Crippen LogP contribution is -2.47. The molecule has 2 heterocycles. The Labute approximate surface area is 97.8 Å². The molecule has 0 aromatic carbocycles. The van der Waals surface area contributed by atoms with Gasteiger partial charge in [-0.2, -0.15) is 0 Å². The first-order chi connectivity index (χ1) is 7.31. The van der Waals surface area contributed by atoms with E-state index in [9.17, 15) is 0 Å². The van der Waals surface area contributed by atoms with Crippen LogP contribution in [-0.4, -0.2) is 41.1 Å².